The van der Waals surface area contributed by atoms with Gasteiger partial charge in [0, 0.05) is 36.0 Å². The van der Waals surface area contributed by atoms with Gasteiger partial charge < -0.3 is 10.2 Å². The first-order chi connectivity index (χ1) is 13.7. The monoisotopic (exact) mass is 409 g/mol. The van der Waals surface area contributed by atoms with Crippen LogP contribution < -0.4 is 5.32 Å². The third-order valence-corrected chi connectivity index (χ3v) is 4.47. The van der Waals surface area contributed by atoms with Crippen LogP contribution in [0.15, 0.2) is 30.3 Å². The summed E-state index contributed by atoms with van der Waals surface area (Å²) in [6.07, 6.45) is -3.65. The lowest BCUT2D eigenvalue weighted by molar-refractivity contribution is -0.384. The summed E-state index contributed by atoms with van der Waals surface area (Å²) in [5, 5.41) is 13.7. The van der Waals surface area contributed by atoms with E-state index < -0.39 is 29.6 Å². The lowest BCUT2D eigenvalue weighted by atomic mass is 10.2. The zero-order valence-electron chi connectivity index (χ0n) is 15.4. The van der Waals surface area contributed by atoms with E-state index in [2.05, 4.69) is 15.3 Å². The molecule has 0 aliphatic carbocycles. The van der Waals surface area contributed by atoms with Crippen LogP contribution >= 0.6 is 0 Å². The Labute approximate surface area is 163 Å². The van der Waals surface area contributed by atoms with Gasteiger partial charge in [-0.25, -0.2) is 9.97 Å². The van der Waals surface area contributed by atoms with Crippen molar-refractivity contribution in [2.24, 2.45) is 0 Å². The first-order valence-electron chi connectivity index (χ1n) is 8.91. The van der Waals surface area contributed by atoms with Gasteiger partial charge in [-0.3, -0.25) is 14.9 Å². The maximum Gasteiger partial charge on any atom is 0.406 e. The van der Waals surface area contributed by atoms with Crippen LogP contribution in [0.3, 0.4) is 0 Å². The predicted molar refractivity (Wildman–Crippen MR) is 98.2 cm³/mol. The number of likely N-dealkylation sites (tertiary alicyclic amines) is 1. The highest BCUT2D eigenvalue weighted by atomic mass is 19.4. The number of carbonyl (C=O) groups is 1. The number of carbonyl (C=O) groups excluding carboxylic acids is 1. The van der Waals surface area contributed by atoms with E-state index >= 15 is 0 Å². The van der Waals surface area contributed by atoms with Crippen LogP contribution in [0.25, 0.3) is 11.4 Å². The quantitative estimate of drug-likeness (QED) is 0.581. The molecule has 0 saturated carbocycles. The molecule has 1 aromatic heterocycles. The largest absolute Gasteiger partial charge is 0.406 e. The van der Waals surface area contributed by atoms with E-state index in [0.717, 1.165) is 4.90 Å². The Morgan fingerprint density at radius 3 is 2.55 bits per heavy atom. The second-order valence-electron chi connectivity index (χ2n) is 6.59. The molecular formula is C18H18F3N5O3. The molecular weight excluding hydrogens is 391 g/mol. The molecule has 0 radical (unpaired) electrons. The van der Waals surface area contributed by atoms with Crippen molar-refractivity contribution >= 4 is 17.4 Å². The number of halogens is 3. The van der Waals surface area contributed by atoms with Gasteiger partial charge in [0.05, 0.1) is 4.92 Å². The van der Waals surface area contributed by atoms with Crippen molar-refractivity contribution in [3.63, 3.8) is 0 Å². The summed E-state index contributed by atoms with van der Waals surface area (Å²) in [6, 6.07) is 6.53. The Morgan fingerprint density at radius 2 is 1.97 bits per heavy atom. The molecule has 1 aliphatic rings. The zero-order valence-corrected chi connectivity index (χ0v) is 15.4. The number of amides is 1. The van der Waals surface area contributed by atoms with Gasteiger partial charge in [0.2, 0.25) is 5.91 Å². The fraction of sp³-hybridized carbons (Fsp3) is 0.389. The Hall–Kier alpha value is -3.24. The summed E-state index contributed by atoms with van der Waals surface area (Å²) in [4.78, 5) is 32.0. The van der Waals surface area contributed by atoms with E-state index in [0.29, 0.717) is 29.3 Å². The highest BCUT2D eigenvalue weighted by Gasteiger charge is 2.39. The molecule has 29 heavy (non-hydrogen) atoms. The number of nitro groups is 1. The minimum atomic E-state index is -4.45. The predicted octanol–water partition coefficient (Wildman–Crippen LogP) is 3.19. The van der Waals surface area contributed by atoms with Crippen LogP contribution in [-0.4, -0.2) is 51.0 Å². The molecule has 3 rings (SSSR count). The van der Waals surface area contributed by atoms with Crippen LogP contribution in [0.1, 0.15) is 19.0 Å². The van der Waals surface area contributed by atoms with Crippen molar-refractivity contribution < 1.29 is 22.9 Å². The van der Waals surface area contributed by atoms with Crippen molar-refractivity contribution in [3.8, 4) is 11.4 Å². The molecule has 1 N–H and O–H groups in total. The molecule has 0 spiro atoms. The van der Waals surface area contributed by atoms with Crippen LogP contribution in [0.4, 0.5) is 24.7 Å². The first-order valence-corrected chi connectivity index (χ1v) is 8.91. The Bertz CT molecular complexity index is 918. The minimum Gasteiger partial charge on any atom is -0.358 e. The molecule has 1 amide bonds. The number of aryl methyl sites for hydroxylation is 1. The molecule has 11 heteroatoms. The Balaban J connectivity index is 1.81. The number of nitro benzene ring substituents is 1. The second kappa shape index (κ2) is 8.02. The lowest BCUT2D eigenvalue weighted by Crippen LogP contribution is -2.39. The summed E-state index contributed by atoms with van der Waals surface area (Å²) in [6.45, 7) is 0.608. The lowest BCUT2D eigenvalue weighted by Gasteiger charge is -2.19. The number of rotatable bonds is 6. The maximum absolute atomic E-state index is 12.6. The van der Waals surface area contributed by atoms with Crippen molar-refractivity contribution in [1.29, 1.82) is 0 Å². The van der Waals surface area contributed by atoms with E-state index in [9.17, 15) is 28.1 Å². The van der Waals surface area contributed by atoms with Crippen LogP contribution in [-0.2, 0) is 11.2 Å². The number of nitrogens with one attached hydrogen (secondary N) is 1. The average Bonchev–Trinajstić information content (AvgIpc) is 2.99. The van der Waals surface area contributed by atoms with Crippen molar-refractivity contribution in [2.45, 2.75) is 32.0 Å². The van der Waals surface area contributed by atoms with Gasteiger partial charge in [-0.05, 0) is 25.0 Å². The van der Waals surface area contributed by atoms with Gasteiger partial charge in [0.15, 0.2) is 5.82 Å². The van der Waals surface area contributed by atoms with Crippen LogP contribution in [0.5, 0.6) is 0 Å². The van der Waals surface area contributed by atoms with Gasteiger partial charge in [-0.15, -0.1) is 0 Å². The molecule has 1 saturated heterocycles. The number of benzene rings is 1. The highest BCUT2D eigenvalue weighted by Crippen LogP contribution is 2.25. The Kier molecular flexibility index (Phi) is 5.66. The molecule has 1 unspecified atom stereocenters. The number of nitrogens with zero attached hydrogens (tertiary/aromatic N) is 4. The normalized spacial score (nSPS) is 16.9. The molecule has 1 atom stereocenters. The topological polar surface area (TPSA) is 101 Å². The SMILES string of the molecule is CCc1cc(NC2CCN(CC(F)(F)F)C2=O)nc(-c2ccc([N+](=O)[O-])cc2)n1. The number of hydrogen-bond acceptors (Lipinski definition) is 6. The number of aromatic nitrogens is 2. The molecule has 1 aromatic carbocycles. The summed E-state index contributed by atoms with van der Waals surface area (Å²) >= 11 is 0. The smallest absolute Gasteiger partial charge is 0.358 e. The number of hydrogen-bond donors (Lipinski definition) is 1. The van der Waals surface area contributed by atoms with Crippen LogP contribution in [0.2, 0.25) is 0 Å². The minimum absolute atomic E-state index is 0.0109. The number of alkyl halides is 3. The van der Waals surface area contributed by atoms with Crippen molar-refractivity contribution in [1.82, 2.24) is 14.9 Å². The van der Waals surface area contributed by atoms with E-state index in [1.54, 1.807) is 6.07 Å². The molecule has 154 valence electrons. The summed E-state index contributed by atoms with van der Waals surface area (Å²) < 4.78 is 37.7. The van der Waals surface area contributed by atoms with E-state index in [4.69, 9.17) is 0 Å². The first kappa shape index (κ1) is 20.5. The van der Waals surface area contributed by atoms with Crippen LogP contribution in [0, 0.1) is 10.1 Å². The van der Waals surface area contributed by atoms with Gasteiger partial charge in [-0.2, -0.15) is 13.2 Å². The number of non-ortho nitro benzene ring substituents is 1. The van der Waals surface area contributed by atoms with Gasteiger partial charge in [0.25, 0.3) is 5.69 Å². The van der Waals surface area contributed by atoms with E-state index in [1.165, 1.54) is 24.3 Å². The van der Waals surface area contributed by atoms with E-state index in [-0.39, 0.29) is 18.7 Å². The highest BCUT2D eigenvalue weighted by molar-refractivity contribution is 5.86. The van der Waals surface area contributed by atoms with Crippen molar-refractivity contribution in [3.05, 3.63) is 46.1 Å². The molecule has 0 bridgehead atoms. The fourth-order valence-corrected chi connectivity index (χ4v) is 3.04. The second-order valence-corrected chi connectivity index (χ2v) is 6.59. The molecule has 2 heterocycles. The summed E-state index contributed by atoms with van der Waals surface area (Å²) in [5.41, 5.74) is 1.14. The molecule has 1 fully saturated rings. The molecule has 2 aromatic rings. The summed E-state index contributed by atoms with van der Waals surface area (Å²) in [5.74, 6) is -0.00683. The molecule has 8 nitrogen and oxygen atoms in total. The fourth-order valence-electron chi connectivity index (χ4n) is 3.04. The van der Waals surface area contributed by atoms with Gasteiger partial charge in [0.1, 0.15) is 18.4 Å². The average molecular weight is 409 g/mol. The zero-order chi connectivity index (χ0) is 21.2. The van der Waals surface area contributed by atoms with E-state index in [1.807, 2.05) is 6.92 Å². The summed E-state index contributed by atoms with van der Waals surface area (Å²) in [7, 11) is 0. The third-order valence-electron chi connectivity index (χ3n) is 4.47. The maximum atomic E-state index is 12.6. The number of anilines is 1. The van der Waals surface area contributed by atoms with Gasteiger partial charge >= 0.3 is 6.18 Å². The third kappa shape index (κ3) is 4.98. The standard InChI is InChI=1S/C18H18F3N5O3/c1-2-12-9-15(23-14-7-8-25(17(14)27)10-18(19,20)21)24-16(22-12)11-3-5-13(6-4-11)26(28)29/h3-6,9,14H,2,7-8,10H2,1H3,(H,22,23,24). The van der Waals surface area contributed by atoms with Crippen molar-refractivity contribution in [2.75, 3.05) is 18.4 Å². The Morgan fingerprint density at radius 1 is 1.28 bits per heavy atom. The van der Waals surface area contributed by atoms with Gasteiger partial charge in [-0.1, -0.05) is 6.92 Å². The molecule has 1 aliphatic heterocycles.